The summed E-state index contributed by atoms with van der Waals surface area (Å²) in [6.45, 7) is 2.55. The van der Waals surface area contributed by atoms with Crippen LogP contribution in [0.3, 0.4) is 0 Å². The number of ether oxygens (including phenoxy) is 2. The predicted octanol–water partition coefficient (Wildman–Crippen LogP) is 6.12. The van der Waals surface area contributed by atoms with Gasteiger partial charge in [0.05, 0.1) is 24.2 Å². The van der Waals surface area contributed by atoms with Crippen molar-refractivity contribution in [1.29, 1.82) is 0 Å². The van der Waals surface area contributed by atoms with Gasteiger partial charge >= 0.3 is 0 Å². The van der Waals surface area contributed by atoms with Crippen LogP contribution < -0.4 is 4.74 Å². The molecule has 0 amide bonds. The number of hydrogen-bond acceptors (Lipinski definition) is 8. The summed E-state index contributed by atoms with van der Waals surface area (Å²) in [6, 6.07) is 23.1. The first-order chi connectivity index (χ1) is 18.8. The molecular weight excluding hydrogens is 554 g/mol. The van der Waals surface area contributed by atoms with E-state index < -0.39 is 24.1 Å². The highest BCUT2D eigenvalue weighted by atomic mass is 35.5. The second kappa shape index (κ2) is 12.4. The van der Waals surface area contributed by atoms with Crippen LogP contribution in [0.4, 0.5) is 0 Å². The van der Waals surface area contributed by atoms with Gasteiger partial charge in [-0.3, -0.25) is 0 Å². The lowest BCUT2D eigenvalue weighted by Gasteiger charge is -2.42. The van der Waals surface area contributed by atoms with Crippen molar-refractivity contribution in [1.82, 2.24) is 4.98 Å². The minimum absolute atomic E-state index is 0.110. The van der Waals surface area contributed by atoms with Crippen molar-refractivity contribution >= 4 is 34.7 Å². The van der Waals surface area contributed by atoms with E-state index in [1.807, 2.05) is 73.0 Å². The predicted molar refractivity (Wildman–Crippen MR) is 156 cm³/mol. The Balaban J connectivity index is 1.30. The fourth-order valence-electron chi connectivity index (χ4n) is 4.60. The van der Waals surface area contributed by atoms with E-state index in [4.69, 9.17) is 21.1 Å². The summed E-state index contributed by atoms with van der Waals surface area (Å²) in [6.07, 6.45) is -2.82. The molecule has 0 spiro atoms. The molecule has 4 aromatic rings. The third kappa shape index (κ3) is 6.84. The Morgan fingerprint density at radius 3 is 2.62 bits per heavy atom. The zero-order valence-corrected chi connectivity index (χ0v) is 23.8. The van der Waals surface area contributed by atoms with E-state index in [0.717, 1.165) is 32.5 Å². The fourth-order valence-corrected chi connectivity index (χ4v) is 6.63. The van der Waals surface area contributed by atoms with Gasteiger partial charge in [0.1, 0.15) is 18.0 Å². The van der Waals surface area contributed by atoms with Gasteiger partial charge in [0, 0.05) is 22.4 Å². The van der Waals surface area contributed by atoms with E-state index in [0.29, 0.717) is 23.6 Å². The van der Waals surface area contributed by atoms with Crippen LogP contribution in [0.25, 0.3) is 11.3 Å². The van der Waals surface area contributed by atoms with Gasteiger partial charge in [-0.15, -0.1) is 11.3 Å². The Kier molecular flexibility index (Phi) is 8.93. The highest BCUT2D eigenvalue weighted by Gasteiger charge is 2.46. The van der Waals surface area contributed by atoms with E-state index >= 15 is 0 Å². The second-order valence-electron chi connectivity index (χ2n) is 9.50. The third-order valence-corrected chi connectivity index (χ3v) is 9.16. The topological polar surface area (TPSA) is 92.0 Å². The monoisotopic (exact) mass is 583 g/mol. The summed E-state index contributed by atoms with van der Waals surface area (Å²) in [7, 11) is 0. The molecule has 0 radical (unpaired) electrons. The third-order valence-electron chi connectivity index (χ3n) is 6.58. The molecule has 0 saturated carbocycles. The summed E-state index contributed by atoms with van der Waals surface area (Å²) in [4.78, 5) is 4.66. The molecule has 3 aromatic carbocycles. The molecule has 5 rings (SSSR count). The molecule has 2 heterocycles. The lowest BCUT2D eigenvalue weighted by atomic mass is 9.90. The maximum Gasteiger partial charge on any atom is 0.178 e. The number of aromatic nitrogens is 1. The summed E-state index contributed by atoms with van der Waals surface area (Å²) >= 11 is 9.37. The smallest absolute Gasteiger partial charge is 0.178 e. The number of thioether (sulfide) groups is 1. The summed E-state index contributed by atoms with van der Waals surface area (Å²) in [5.41, 5.74) is 4.43. The van der Waals surface area contributed by atoms with Crippen molar-refractivity contribution in [2.45, 2.75) is 48.2 Å². The number of thiazole rings is 1. The van der Waals surface area contributed by atoms with Gasteiger partial charge < -0.3 is 24.8 Å². The van der Waals surface area contributed by atoms with E-state index in [1.54, 1.807) is 12.1 Å². The van der Waals surface area contributed by atoms with Gasteiger partial charge in [-0.2, -0.15) is 0 Å². The molecule has 0 bridgehead atoms. The minimum atomic E-state index is -1.65. The van der Waals surface area contributed by atoms with Gasteiger partial charge in [-0.1, -0.05) is 78.0 Å². The lowest BCUT2D eigenvalue weighted by molar-refractivity contribution is -0.291. The van der Waals surface area contributed by atoms with E-state index in [1.165, 1.54) is 23.1 Å². The van der Waals surface area contributed by atoms with Crippen molar-refractivity contribution < 1.29 is 24.8 Å². The molecule has 3 N–H and O–H groups in total. The van der Waals surface area contributed by atoms with Crippen molar-refractivity contribution in [2.24, 2.45) is 0 Å². The van der Waals surface area contributed by atoms with Crippen molar-refractivity contribution in [3.8, 4) is 17.0 Å². The molecule has 6 nitrogen and oxygen atoms in total. The first-order valence-electron chi connectivity index (χ1n) is 12.7. The average molecular weight is 584 g/mol. The quantitative estimate of drug-likeness (QED) is 0.205. The zero-order valence-electron chi connectivity index (χ0n) is 21.4. The minimum Gasteiger partial charge on any atom is -0.494 e. The van der Waals surface area contributed by atoms with Crippen molar-refractivity contribution in [2.75, 3.05) is 12.4 Å². The molecular formula is C30H30ClNO5S2. The molecule has 4 unspecified atom stereocenters. The standard InChI is InChI=1S/C30H30ClNO5S2/c1-2-36-23-11-8-19(9-12-23)14-22-15-21(10-13-24(22)31)28-27(34)26(33)16-30(35,37-28)18-39-29-32-25(17-38-29)20-6-4-3-5-7-20/h3-13,15,17,26-28,33-35H,2,14,16,18H2,1H3. The normalized spacial score (nSPS) is 23.1. The molecule has 1 saturated heterocycles. The summed E-state index contributed by atoms with van der Waals surface area (Å²) in [5.74, 6) is -0.691. The number of aliphatic hydroxyl groups excluding tert-OH is 2. The maximum atomic E-state index is 11.3. The van der Waals surface area contributed by atoms with Crippen LogP contribution in [-0.4, -0.2) is 50.7 Å². The molecule has 1 aliphatic heterocycles. The number of halogens is 1. The van der Waals surface area contributed by atoms with Gasteiger partial charge in [-0.05, 0) is 48.2 Å². The molecule has 0 aliphatic carbocycles. The van der Waals surface area contributed by atoms with Crippen LogP contribution in [0.2, 0.25) is 5.02 Å². The Hall–Kier alpha value is -2.43. The van der Waals surface area contributed by atoms with Crippen LogP contribution in [0.15, 0.2) is 82.5 Å². The number of benzene rings is 3. The zero-order chi connectivity index (χ0) is 27.4. The van der Waals surface area contributed by atoms with Gasteiger partial charge in [-0.25, -0.2) is 4.98 Å². The molecule has 1 aliphatic rings. The first kappa shape index (κ1) is 28.1. The average Bonchev–Trinajstić information content (AvgIpc) is 3.42. The summed E-state index contributed by atoms with van der Waals surface area (Å²) < 4.78 is 12.4. The molecule has 1 fully saturated rings. The number of aliphatic hydroxyl groups is 3. The number of rotatable bonds is 9. The molecule has 1 aromatic heterocycles. The fraction of sp³-hybridized carbons (Fsp3) is 0.300. The van der Waals surface area contributed by atoms with E-state index in [-0.39, 0.29) is 12.2 Å². The highest BCUT2D eigenvalue weighted by Crippen LogP contribution is 2.41. The molecule has 4 atom stereocenters. The van der Waals surface area contributed by atoms with E-state index in [2.05, 4.69) is 4.98 Å². The van der Waals surface area contributed by atoms with Gasteiger partial charge in [0.25, 0.3) is 0 Å². The van der Waals surface area contributed by atoms with Crippen LogP contribution in [-0.2, 0) is 11.2 Å². The van der Waals surface area contributed by atoms with Gasteiger partial charge in [0.2, 0.25) is 0 Å². The molecule has 39 heavy (non-hydrogen) atoms. The van der Waals surface area contributed by atoms with Crippen molar-refractivity contribution in [3.63, 3.8) is 0 Å². The summed E-state index contributed by atoms with van der Waals surface area (Å²) in [5, 5.41) is 35.4. The van der Waals surface area contributed by atoms with Crippen LogP contribution >= 0.6 is 34.7 Å². The Bertz CT molecular complexity index is 1380. The second-order valence-corrected chi connectivity index (χ2v) is 12.0. The van der Waals surface area contributed by atoms with Crippen LogP contribution in [0.5, 0.6) is 5.75 Å². The molecule has 204 valence electrons. The largest absolute Gasteiger partial charge is 0.494 e. The maximum absolute atomic E-state index is 11.3. The Morgan fingerprint density at radius 1 is 1.10 bits per heavy atom. The lowest BCUT2D eigenvalue weighted by Crippen LogP contribution is -2.52. The highest BCUT2D eigenvalue weighted by molar-refractivity contribution is 8.01. The first-order valence-corrected chi connectivity index (χ1v) is 15.0. The van der Waals surface area contributed by atoms with Gasteiger partial charge in [0.15, 0.2) is 10.1 Å². The Labute approximate surface area is 241 Å². The Morgan fingerprint density at radius 2 is 1.87 bits per heavy atom. The van der Waals surface area contributed by atoms with Crippen LogP contribution in [0.1, 0.15) is 36.1 Å². The number of hydrogen-bond donors (Lipinski definition) is 3. The van der Waals surface area contributed by atoms with E-state index in [9.17, 15) is 15.3 Å². The molecule has 9 heteroatoms. The van der Waals surface area contributed by atoms with Crippen LogP contribution in [0, 0.1) is 0 Å². The SMILES string of the molecule is CCOc1ccc(Cc2cc(C3OC(O)(CSc4nc(-c5ccccc5)cs4)CC(O)C3O)ccc2Cl)cc1. The number of nitrogens with zero attached hydrogens (tertiary/aromatic N) is 1. The van der Waals surface area contributed by atoms with Crippen molar-refractivity contribution in [3.05, 3.63) is 99.9 Å².